The van der Waals surface area contributed by atoms with Crippen LogP contribution in [0.2, 0.25) is 0 Å². The van der Waals surface area contributed by atoms with Crippen molar-refractivity contribution in [3.8, 4) is 0 Å². The average Bonchev–Trinajstić information content (AvgIpc) is 2.44. The molecule has 3 heteroatoms. The fourth-order valence-corrected chi connectivity index (χ4v) is 1.71. The first-order chi connectivity index (χ1) is 6.86. The van der Waals surface area contributed by atoms with Crippen molar-refractivity contribution in [2.75, 3.05) is 26.2 Å². The molecule has 1 aliphatic carbocycles. The Morgan fingerprint density at radius 1 is 1.21 bits per heavy atom. The highest BCUT2D eigenvalue weighted by Crippen LogP contribution is 2.13. The van der Waals surface area contributed by atoms with Crippen LogP contribution in [0.3, 0.4) is 0 Å². The van der Waals surface area contributed by atoms with Crippen molar-refractivity contribution in [2.24, 2.45) is 0 Å². The highest BCUT2D eigenvalue weighted by molar-refractivity contribution is 6.31. The molecular formula is C11H13ClN2. The molecule has 2 aliphatic rings. The van der Waals surface area contributed by atoms with Gasteiger partial charge in [-0.25, -0.2) is 0 Å². The lowest BCUT2D eigenvalue weighted by atomic mass is 10.3. The lowest BCUT2D eigenvalue weighted by molar-refractivity contribution is 0.307. The van der Waals surface area contributed by atoms with E-state index in [0.717, 1.165) is 31.2 Å². The summed E-state index contributed by atoms with van der Waals surface area (Å²) in [7, 11) is 0. The summed E-state index contributed by atoms with van der Waals surface area (Å²) < 4.78 is 0. The van der Waals surface area contributed by atoms with E-state index in [9.17, 15) is 0 Å². The molecule has 0 aromatic carbocycles. The third-order valence-electron chi connectivity index (χ3n) is 2.35. The predicted molar refractivity (Wildman–Crippen MR) is 59.1 cm³/mol. The Morgan fingerprint density at radius 3 is 2.79 bits per heavy atom. The fraction of sp³-hybridized carbons (Fsp3) is 0.364. The van der Waals surface area contributed by atoms with E-state index in [2.05, 4.69) is 15.9 Å². The summed E-state index contributed by atoms with van der Waals surface area (Å²) in [5, 5.41) is 4.05. The lowest BCUT2D eigenvalue weighted by Gasteiger charge is -2.29. The molecule has 2 nitrogen and oxygen atoms in total. The van der Waals surface area contributed by atoms with Crippen molar-refractivity contribution in [1.82, 2.24) is 10.2 Å². The second-order valence-corrected chi connectivity index (χ2v) is 3.77. The average molecular weight is 209 g/mol. The van der Waals surface area contributed by atoms with E-state index in [1.54, 1.807) is 6.08 Å². The minimum Gasteiger partial charge on any atom is -0.368 e. The molecule has 0 saturated carbocycles. The van der Waals surface area contributed by atoms with Crippen LogP contribution >= 0.6 is 11.6 Å². The van der Waals surface area contributed by atoms with Crippen LogP contribution in [-0.2, 0) is 0 Å². The Kier molecular flexibility index (Phi) is 3.10. The Morgan fingerprint density at radius 2 is 2.00 bits per heavy atom. The molecular weight excluding hydrogens is 196 g/mol. The summed E-state index contributed by atoms with van der Waals surface area (Å²) in [4.78, 5) is 2.34. The molecule has 0 aromatic heterocycles. The van der Waals surface area contributed by atoms with E-state index in [-0.39, 0.29) is 0 Å². The number of allylic oxidation sites excluding steroid dienone is 4. The second-order valence-electron chi connectivity index (χ2n) is 3.34. The maximum Gasteiger partial charge on any atom is 0.0483 e. The number of hydrogen-bond acceptors (Lipinski definition) is 2. The van der Waals surface area contributed by atoms with Gasteiger partial charge in [-0.3, -0.25) is 0 Å². The zero-order chi connectivity index (χ0) is 9.80. The van der Waals surface area contributed by atoms with Gasteiger partial charge in [-0.05, 0) is 18.2 Å². The predicted octanol–water partition coefficient (Wildman–Crippen LogP) is 1.62. The Bertz CT molecular complexity index is 329. The number of halogens is 1. The van der Waals surface area contributed by atoms with Crippen LogP contribution in [-0.4, -0.2) is 31.1 Å². The van der Waals surface area contributed by atoms with Gasteiger partial charge in [-0.15, -0.1) is 5.73 Å². The number of rotatable bonds is 1. The summed E-state index contributed by atoms with van der Waals surface area (Å²) in [6, 6.07) is 0. The van der Waals surface area contributed by atoms with Crippen LogP contribution in [0.4, 0.5) is 0 Å². The molecule has 1 fully saturated rings. The summed E-state index contributed by atoms with van der Waals surface area (Å²) in [5.74, 6) is 0. The van der Waals surface area contributed by atoms with Gasteiger partial charge in [-0.2, -0.15) is 0 Å². The SMILES string of the molecule is ClC1=CC=C(N2CCNCC2)C=C=C1. The van der Waals surface area contributed by atoms with Crippen molar-refractivity contribution in [3.63, 3.8) is 0 Å². The van der Waals surface area contributed by atoms with Crippen LogP contribution in [0.1, 0.15) is 0 Å². The van der Waals surface area contributed by atoms with Gasteiger partial charge in [0.25, 0.3) is 0 Å². The molecule has 0 atom stereocenters. The van der Waals surface area contributed by atoms with Gasteiger partial charge < -0.3 is 10.2 Å². The first-order valence-corrected chi connectivity index (χ1v) is 5.20. The van der Waals surface area contributed by atoms with Crippen molar-refractivity contribution >= 4 is 11.6 Å². The largest absolute Gasteiger partial charge is 0.368 e. The molecule has 2 rings (SSSR count). The normalized spacial score (nSPS) is 21.6. The van der Waals surface area contributed by atoms with Crippen molar-refractivity contribution in [3.05, 3.63) is 40.8 Å². The van der Waals surface area contributed by atoms with Crippen molar-refractivity contribution < 1.29 is 0 Å². The minimum absolute atomic E-state index is 0.728. The Labute approximate surface area is 89.2 Å². The summed E-state index contributed by atoms with van der Waals surface area (Å²) in [6.07, 6.45) is 7.73. The third-order valence-corrected chi connectivity index (χ3v) is 2.58. The smallest absolute Gasteiger partial charge is 0.0483 e. The molecule has 0 radical (unpaired) electrons. The van der Waals surface area contributed by atoms with Crippen LogP contribution in [0.25, 0.3) is 0 Å². The molecule has 1 N–H and O–H groups in total. The monoisotopic (exact) mass is 208 g/mol. The van der Waals surface area contributed by atoms with Gasteiger partial charge in [-0.1, -0.05) is 11.6 Å². The van der Waals surface area contributed by atoms with E-state index in [1.807, 2.05) is 18.2 Å². The Hall–Kier alpha value is -0.950. The van der Waals surface area contributed by atoms with E-state index in [4.69, 9.17) is 11.6 Å². The highest BCUT2D eigenvalue weighted by Gasteiger charge is 2.10. The number of nitrogens with zero attached hydrogens (tertiary/aromatic N) is 1. The molecule has 14 heavy (non-hydrogen) atoms. The van der Waals surface area contributed by atoms with Crippen LogP contribution in [0.5, 0.6) is 0 Å². The van der Waals surface area contributed by atoms with Gasteiger partial charge in [0.1, 0.15) is 0 Å². The second kappa shape index (κ2) is 4.52. The summed E-state index contributed by atoms with van der Waals surface area (Å²) in [5.41, 5.74) is 4.26. The van der Waals surface area contributed by atoms with E-state index in [0.29, 0.717) is 0 Å². The molecule has 0 spiro atoms. The molecule has 1 heterocycles. The fourth-order valence-electron chi connectivity index (χ4n) is 1.59. The van der Waals surface area contributed by atoms with Gasteiger partial charge >= 0.3 is 0 Å². The van der Waals surface area contributed by atoms with Crippen LogP contribution in [0, 0.1) is 0 Å². The number of piperazine rings is 1. The minimum atomic E-state index is 0.728. The first kappa shape index (κ1) is 9.60. The molecule has 0 aromatic rings. The lowest BCUT2D eigenvalue weighted by Crippen LogP contribution is -2.42. The number of nitrogens with one attached hydrogen (secondary N) is 1. The summed E-state index contributed by atoms with van der Waals surface area (Å²) in [6.45, 7) is 4.20. The van der Waals surface area contributed by atoms with E-state index in [1.165, 1.54) is 5.70 Å². The quantitative estimate of drug-likeness (QED) is 0.659. The maximum atomic E-state index is 5.87. The topological polar surface area (TPSA) is 15.3 Å². The zero-order valence-electron chi connectivity index (χ0n) is 7.96. The summed E-state index contributed by atoms with van der Waals surface area (Å²) >= 11 is 5.87. The van der Waals surface area contributed by atoms with Gasteiger partial charge in [0.05, 0.1) is 0 Å². The first-order valence-electron chi connectivity index (χ1n) is 4.82. The van der Waals surface area contributed by atoms with Crippen molar-refractivity contribution in [2.45, 2.75) is 0 Å². The molecule has 1 saturated heterocycles. The van der Waals surface area contributed by atoms with Gasteiger partial charge in [0, 0.05) is 43.0 Å². The Balaban J connectivity index is 2.14. The van der Waals surface area contributed by atoms with Crippen molar-refractivity contribution in [1.29, 1.82) is 0 Å². The van der Waals surface area contributed by atoms with E-state index < -0.39 is 0 Å². The standard InChI is InChI=1S/C11H13ClN2/c12-10-2-1-3-11(5-4-10)14-8-6-13-7-9-14/h2-5,13H,6-9H2. The third kappa shape index (κ3) is 2.30. The van der Waals surface area contributed by atoms with Gasteiger partial charge in [0.2, 0.25) is 0 Å². The van der Waals surface area contributed by atoms with E-state index >= 15 is 0 Å². The van der Waals surface area contributed by atoms with Crippen LogP contribution < -0.4 is 5.32 Å². The molecule has 0 amide bonds. The van der Waals surface area contributed by atoms with Gasteiger partial charge in [0.15, 0.2) is 0 Å². The molecule has 0 unspecified atom stereocenters. The zero-order valence-corrected chi connectivity index (χ0v) is 8.72. The maximum absolute atomic E-state index is 5.87. The number of hydrogen-bond donors (Lipinski definition) is 1. The molecule has 1 aliphatic heterocycles. The molecule has 0 bridgehead atoms. The molecule has 74 valence electrons. The highest BCUT2D eigenvalue weighted by atomic mass is 35.5. The van der Waals surface area contributed by atoms with Crippen LogP contribution in [0.15, 0.2) is 40.8 Å².